The minimum atomic E-state index is -1.09. The lowest BCUT2D eigenvalue weighted by Gasteiger charge is -2.33. The van der Waals surface area contributed by atoms with E-state index in [1.54, 1.807) is 12.1 Å². The van der Waals surface area contributed by atoms with Crippen molar-refractivity contribution in [3.05, 3.63) is 88.7 Å². The topological polar surface area (TPSA) is 82.1 Å². The largest absolute Gasteiger partial charge is 0.480 e. The van der Waals surface area contributed by atoms with Crippen molar-refractivity contribution in [3.8, 4) is 5.75 Å². The smallest absolute Gasteiger partial charge is 0.322 e. The Labute approximate surface area is 218 Å². The van der Waals surface area contributed by atoms with E-state index in [4.69, 9.17) is 9.84 Å². The second-order valence-corrected chi connectivity index (χ2v) is 8.97. The number of carboxylic acids is 1. The van der Waals surface area contributed by atoms with E-state index in [1.165, 1.54) is 0 Å². The maximum Gasteiger partial charge on any atom is 0.322 e. The molecule has 0 saturated carbocycles. The van der Waals surface area contributed by atoms with E-state index in [0.717, 1.165) is 65.6 Å². The number of carbonyl (C=O) groups is 2. The quantitative estimate of drug-likeness (QED) is 0.491. The lowest BCUT2D eigenvalue weighted by Crippen LogP contribution is -2.34. The van der Waals surface area contributed by atoms with E-state index in [2.05, 4.69) is 79.2 Å². The molecule has 1 aliphatic heterocycles. The first-order valence-electron chi connectivity index (χ1n) is 13.0. The number of aliphatic carboxylic acids is 1. The van der Waals surface area contributed by atoms with E-state index in [-0.39, 0.29) is 6.04 Å². The molecule has 0 fully saturated rings. The highest BCUT2D eigenvalue weighted by Crippen LogP contribution is 2.45. The number of rotatable bonds is 10. The van der Waals surface area contributed by atoms with Crippen molar-refractivity contribution in [2.45, 2.75) is 33.7 Å². The van der Waals surface area contributed by atoms with Crippen LogP contribution in [-0.4, -0.2) is 60.6 Å². The number of hydrogen-bond acceptors (Lipinski definition) is 5. The average Bonchev–Trinajstić information content (AvgIpc) is 2.91. The SMILES string of the molecule is CCN(CC)c1ccc2c(c1)OC1=CC(N(CC)CC)C=CC1=C2c1ccccc1C(=O)NCC(=O)O. The second kappa shape index (κ2) is 11.5. The van der Waals surface area contributed by atoms with Gasteiger partial charge in [-0.25, -0.2) is 0 Å². The third-order valence-electron chi connectivity index (χ3n) is 6.98. The van der Waals surface area contributed by atoms with Crippen LogP contribution in [0.3, 0.4) is 0 Å². The molecule has 2 N–H and O–H groups in total. The Hall–Kier alpha value is -3.84. The number of nitrogens with zero attached hydrogens (tertiary/aromatic N) is 2. The standard InChI is InChI=1S/C30H35N3O4/c1-5-32(6-2)20-13-15-24-26(17-20)37-27-18-21(33(7-3)8-4)14-16-25(27)29(24)22-11-9-10-12-23(22)30(36)31-19-28(34)35/h9-18,20H,5-8,19H2,1-4H3,(H,31,36)(H,34,35). The van der Waals surface area contributed by atoms with E-state index in [0.29, 0.717) is 5.56 Å². The van der Waals surface area contributed by atoms with Gasteiger partial charge in [0.15, 0.2) is 0 Å². The zero-order valence-electron chi connectivity index (χ0n) is 22.0. The van der Waals surface area contributed by atoms with Crippen LogP contribution >= 0.6 is 0 Å². The summed E-state index contributed by atoms with van der Waals surface area (Å²) in [5, 5.41) is 11.6. The molecule has 1 aliphatic carbocycles. The Morgan fingerprint density at radius 1 is 0.973 bits per heavy atom. The minimum Gasteiger partial charge on any atom is -0.480 e. The number of allylic oxidation sites excluding steroid dienone is 1. The Morgan fingerprint density at radius 2 is 1.70 bits per heavy atom. The fourth-order valence-electron chi connectivity index (χ4n) is 5.04. The summed E-state index contributed by atoms with van der Waals surface area (Å²) >= 11 is 0. The van der Waals surface area contributed by atoms with Crippen LogP contribution in [0.1, 0.15) is 49.2 Å². The van der Waals surface area contributed by atoms with Crippen molar-refractivity contribution in [3.63, 3.8) is 0 Å². The summed E-state index contributed by atoms with van der Waals surface area (Å²) < 4.78 is 6.54. The Bertz CT molecular complexity index is 1270. The summed E-state index contributed by atoms with van der Waals surface area (Å²) in [4.78, 5) is 28.7. The van der Waals surface area contributed by atoms with Crippen LogP contribution in [0.5, 0.6) is 5.75 Å². The predicted octanol–water partition coefficient (Wildman–Crippen LogP) is 4.71. The molecule has 0 bridgehead atoms. The van der Waals surface area contributed by atoms with Gasteiger partial charge < -0.3 is 20.1 Å². The molecule has 4 rings (SSSR count). The van der Waals surface area contributed by atoms with Crippen LogP contribution in [0.25, 0.3) is 5.57 Å². The molecular formula is C30H35N3O4. The number of carboxylic acid groups (broad SMARTS) is 1. The summed E-state index contributed by atoms with van der Waals surface area (Å²) in [5.74, 6) is -0.00981. The number of carbonyl (C=O) groups excluding carboxylic acids is 1. The summed E-state index contributed by atoms with van der Waals surface area (Å²) in [5.41, 5.74) is 4.93. The van der Waals surface area contributed by atoms with Gasteiger partial charge >= 0.3 is 5.97 Å². The monoisotopic (exact) mass is 501 g/mol. The summed E-state index contributed by atoms with van der Waals surface area (Å²) in [6.45, 7) is 11.7. The molecule has 37 heavy (non-hydrogen) atoms. The van der Waals surface area contributed by atoms with Crippen LogP contribution in [0.15, 0.2) is 72.0 Å². The molecule has 0 spiro atoms. The van der Waals surface area contributed by atoms with E-state index in [1.807, 2.05) is 12.1 Å². The van der Waals surface area contributed by atoms with Gasteiger partial charge in [-0.15, -0.1) is 0 Å². The van der Waals surface area contributed by atoms with Gasteiger partial charge in [-0.05, 0) is 56.8 Å². The van der Waals surface area contributed by atoms with Gasteiger partial charge in [0.2, 0.25) is 0 Å². The normalized spacial score (nSPS) is 16.0. The third-order valence-corrected chi connectivity index (χ3v) is 6.98. The van der Waals surface area contributed by atoms with Gasteiger partial charge in [0, 0.05) is 47.1 Å². The molecule has 1 amide bonds. The molecule has 1 heterocycles. The molecule has 194 valence electrons. The zero-order chi connectivity index (χ0) is 26.5. The highest BCUT2D eigenvalue weighted by molar-refractivity contribution is 6.04. The Balaban J connectivity index is 1.90. The van der Waals surface area contributed by atoms with Crippen molar-refractivity contribution in [1.29, 1.82) is 0 Å². The van der Waals surface area contributed by atoms with Gasteiger partial charge in [-0.2, -0.15) is 0 Å². The molecule has 2 aromatic rings. The van der Waals surface area contributed by atoms with Gasteiger partial charge in [-0.3, -0.25) is 14.5 Å². The Kier molecular flexibility index (Phi) is 8.14. The average molecular weight is 502 g/mol. The number of ether oxygens (including phenoxy) is 1. The molecule has 1 unspecified atom stereocenters. The molecule has 1 atom stereocenters. The second-order valence-electron chi connectivity index (χ2n) is 8.97. The number of nitrogens with one attached hydrogen (secondary N) is 1. The highest BCUT2D eigenvalue weighted by atomic mass is 16.5. The molecule has 2 aromatic carbocycles. The van der Waals surface area contributed by atoms with Crippen molar-refractivity contribution < 1.29 is 19.4 Å². The Morgan fingerprint density at radius 3 is 2.38 bits per heavy atom. The van der Waals surface area contributed by atoms with Crippen molar-refractivity contribution in [1.82, 2.24) is 10.2 Å². The number of likely N-dealkylation sites (N-methyl/N-ethyl adjacent to an activating group) is 1. The molecule has 0 aromatic heterocycles. The molecule has 0 saturated heterocycles. The van der Waals surface area contributed by atoms with Gasteiger partial charge in [0.25, 0.3) is 5.91 Å². The predicted molar refractivity (Wildman–Crippen MR) is 147 cm³/mol. The fourth-order valence-corrected chi connectivity index (χ4v) is 5.04. The first-order chi connectivity index (χ1) is 17.9. The lowest BCUT2D eigenvalue weighted by molar-refractivity contribution is -0.135. The third kappa shape index (κ3) is 5.32. The van der Waals surface area contributed by atoms with Crippen LogP contribution in [0.2, 0.25) is 0 Å². The molecule has 7 nitrogen and oxygen atoms in total. The fraction of sp³-hybridized carbons (Fsp3) is 0.333. The van der Waals surface area contributed by atoms with Crippen LogP contribution in [0, 0.1) is 0 Å². The lowest BCUT2D eigenvalue weighted by atomic mass is 9.84. The molecular weight excluding hydrogens is 466 g/mol. The molecule has 0 radical (unpaired) electrons. The van der Waals surface area contributed by atoms with Crippen molar-refractivity contribution in [2.24, 2.45) is 0 Å². The maximum absolute atomic E-state index is 13.1. The van der Waals surface area contributed by atoms with Crippen LogP contribution < -0.4 is 15.0 Å². The summed E-state index contributed by atoms with van der Waals surface area (Å²) in [6, 6.07) is 13.6. The number of benzene rings is 2. The first kappa shape index (κ1) is 26.2. The summed E-state index contributed by atoms with van der Waals surface area (Å²) in [6.07, 6.45) is 6.39. The maximum atomic E-state index is 13.1. The highest BCUT2D eigenvalue weighted by Gasteiger charge is 2.30. The van der Waals surface area contributed by atoms with Crippen molar-refractivity contribution in [2.75, 3.05) is 37.6 Å². The van der Waals surface area contributed by atoms with E-state index >= 15 is 0 Å². The van der Waals surface area contributed by atoms with Crippen LogP contribution in [0.4, 0.5) is 5.69 Å². The van der Waals surface area contributed by atoms with E-state index < -0.39 is 18.4 Å². The van der Waals surface area contributed by atoms with Gasteiger partial charge in [0.1, 0.15) is 18.1 Å². The molecule has 2 aliphatic rings. The number of fused-ring (bicyclic) bond motifs is 2. The molecule has 7 heteroatoms. The number of amides is 1. The zero-order valence-corrected chi connectivity index (χ0v) is 22.0. The summed E-state index contributed by atoms with van der Waals surface area (Å²) in [7, 11) is 0. The van der Waals surface area contributed by atoms with Gasteiger partial charge in [-0.1, -0.05) is 44.2 Å². The first-order valence-corrected chi connectivity index (χ1v) is 13.0. The number of anilines is 1. The van der Waals surface area contributed by atoms with Crippen LogP contribution in [-0.2, 0) is 4.79 Å². The van der Waals surface area contributed by atoms with E-state index in [9.17, 15) is 9.59 Å². The minimum absolute atomic E-state index is 0.108. The van der Waals surface area contributed by atoms with Gasteiger partial charge in [0.05, 0.1) is 6.04 Å². The van der Waals surface area contributed by atoms with Crippen molar-refractivity contribution >= 4 is 23.1 Å². The number of hydrogen-bond donors (Lipinski definition) is 2.